The molecule has 2 aliphatic rings. The summed E-state index contributed by atoms with van der Waals surface area (Å²) in [5, 5.41) is 7.20. The molecule has 0 bridgehead atoms. The van der Waals surface area contributed by atoms with E-state index in [-0.39, 0.29) is 11.9 Å². The van der Waals surface area contributed by atoms with Crippen LogP contribution < -0.4 is 10.1 Å². The molecule has 4 rings (SSSR count). The van der Waals surface area contributed by atoms with Gasteiger partial charge in [0.15, 0.2) is 0 Å². The highest BCUT2D eigenvalue weighted by Gasteiger charge is 2.30. The van der Waals surface area contributed by atoms with Crippen LogP contribution in [-0.4, -0.2) is 71.2 Å². The van der Waals surface area contributed by atoms with Crippen molar-refractivity contribution in [3.05, 3.63) is 30.2 Å². The Morgan fingerprint density at radius 2 is 2.04 bits per heavy atom. The quantitative estimate of drug-likeness (QED) is 0.774. The fourth-order valence-electron chi connectivity index (χ4n) is 3.47. The molecule has 1 aliphatic carbocycles. The molecule has 1 saturated heterocycles. The first-order valence-electron chi connectivity index (χ1n) is 9.87. The fourth-order valence-corrected chi connectivity index (χ4v) is 3.47. The summed E-state index contributed by atoms with van der Waals surface area (Å²) in [7, 11) is 1.63. The number of carbonyl (C=O) groups is 1. The third-order valence-corrected chi connectivity index (χ3v) is 5.43. The number of ether oxygens (including phenoxy) is 1. The normalized spacial score (nSPS) is 19.4. The molecule has 28 heavy (non-hydrogen) atoms. The van der Waals surface area contributed by atoms with E-state index in [1.165, 1.54) is 0 Å². The van der Waals surface area contributed by atoms with Gasteiger partial charge in [-0.05, 0) is 31.9 Å². The molecule has 0 spiro atoms. The zero-order chi connectivity index (χ0) is 19.5. The van der Waals surface area contributed by atoms with Crippen LogP contribution in [0.1, 0.15) is 25.7 Å². The number of hydrogen-bond donors (Lipinski definition) is 1. The molecule has 1 atom stereocenters. The van der Waals surface area contributed by atoms with Crippen molar-refractivity contribution in [2.24, 2.45) is 0 Å². The van der Waals surface area contributed by atoms with Gasteiger partial charge < -0.3 is 14.6 Å². The van der Waals surface area contributed by atoms with E-state index in [2.05, 4.69) is 25.3 Å². The van der Waals surface area contributed by atoms with E-state index in [1.54, 1.807) is 7.11 Å². The van der Waals surface area contributed by atoms with Gasteiger partial charge in [0.05, 0.1) is 25.3 Å². The van der Waals surface area contributed by atoms with Crippen LogP contribution in [0.4, 0.5) is 0 Å². The lowest BCUT2D eigenvalue weighted by Gasteiger charge is -2.36. The van der Waals surface area contributed by atoms with E-state index in [0.717, 1.165) is 50.3 Å². The fraction of sp³-hybridized carbons (Fsp3) is 0.550. The molecular weight excluding hydrogens is 358 g/mol. The molecule has 2 heterocycles. The van der Waals surface area contributed by atoms with E-state index in [1.807, 2.05) is 31.2 Å². The molecule has 8 nitrogen and oxygen atoms in total. The minimum absolute atomic E-state index is 0.0803. The maximum atomic E-state index is 12.2. The Hall–Kier alpha value is -2.45. The molecule has 1 unspecified atom stereocenters. The topological polar surface area (TPSA) is 83.7 Å². The highest BCUT2D eigenvalue weighted by Crippen LogP contribution is 2.27. The summed E-state index contributed by atoms with van der Waals surface area (Å²) in [6.45, 7) is 6.05. The molecule has 150 valence electrons. The molecule has 1 aromatic carbocycles. The molecule has 2 aromatic rings. The first-order chi connectivity index (χ1) is 13.6. The Morgan fingerprint density at radius 1 is 1.29 bits per heavy atom. The van der Waals surface area contributed by atoms with Crippen LogP contribution in [0.5, 0.6) is 5.75 Å². The maximum absolute atomic E-state index is 12.2. The molecule has 1 N–H and O–H groups in total. The molecule has 2 fully saturated rings. The van der Waals surface area contributed by atoms with Gasteiger partial charge >= 0.3 is 0 Å². The van der Waals surface area contributed by atoms with Gasteiger partial charge in [-0.3, -0.25) is 14.6 Å². The average Bonchev–Trinajstić information content (AvgIpc) is 3.43. The summed E-state index contributed by atoms with van der Waals surface area (Å²) in [4.78, 5) is 21.3. The van der Waals surface area contributed by atoms with E-state index in [4.69, 9.17) is 9.26 Å². The first-order valence-corrected chi connectivity index (χ1v) is 9.87. The first kappa shape index (κ1) is 18.9. The van der Waals surface area contributed by atoms with E-state index < -0.39 is 0 Å². The number of para-hydroxylation sites is 1. The van der Waals surface area contributed by atoms with Crippen LogP contribution in [0.2, 0.25) is 0 Å². The van der Waals surface area contributed by atoms with E-state index in [9.17, 15) is 4.79 Å². The maximum Gasteiger partial charge on any atom is 0.241 e. The number of benzene rings is 1. The zero-order valence-corrected chi connectivity index (χ0v) is 16.4. The SMILES string of the molecule is COc1ccccc1-c1noc(CN2CCN(C(C)C(=O)NC3CC3)CC2)n1. The smallest absolute Gasteiger partial charge is 0.241 e. The molecule has 1 amide bonds. The summed E-state index contributed by atoms with van der Waals surface area (Å²) in [6.07, 6.45) is 2.24. The van der Waals surface area contributed by atoms with Gasteiger partial charge in [0.2, 0.25) is 17.6 Å². The van der Waals surface area contributed by atoms with Crippen molar-refractivity contribution in [1.82, 2.24) is 25.3 Å². The molecule has 1 saturated carbocycles. The summed E-state index contributed by atoms with van der Waals surface area (Å²) in [5.41, 5.74) is 0.820. The van der Waals surface area contributed by atoms with Crippen LogP contribution >= 0.6 is 0 Å². The number of carbonyl (C=O) groups excluding carboxylic acids is 1. The average molecular weight is 385 g/mol. The van der Waals surface area contributed by atoms with E-state index in [0.29, 0.717) is 24.3 Å². The zero-order valence-electron chi connectivity index (χ0n) is 16.4. The summed E-state index contributed by atoms with van der Waals surface area (Å²) in [5.74, 6) is 2.00. The minimum atomic E-state index is -0.0803. The molecule has 0 radical (unpaired) electrons. The lowest BCUT2D eigenvalue weighted by Crippen LogP contribution is -2.53. The van der Waals surface area contributed by atoms with Crippen LogP contribution in [0.25, 0.3) is 11.4 Å². The van der Waals surface area contributed by atoms with Gasteiger partial charge in [-0.15, -0.1) is 0 Å². The Labute approximate surface area is 164 Å². The Balaban J connectivity index is 1.30. The van der Waals surface area contributed by atoms with Crippen LogP contribution in [0.3, 0.4) is 0 Å². The number of rotatable bonds is 7. The highest BCUT2D eigenvalue weighted by atomic mass is 16.5. The van der Waals surface area contributed by atoms with Gasteiger partial charge in [0.25, 0.3) is 0 Å². The summed E-state index contributed by atoms with van der Waals surface area (Å²) in [6, 6.07) is 7.96. The number of amides is 1. The predicted octanol–water partition coefficient (Wildman–Crippen LogP) is 1.53. The van der Waals surface area contributed by atoms with Crippen LogP contribution in [-0.2, 0) is 11.3 Å². The number of hydrogen-bond acceptors (Lipinski definition) is 7. The second-order valence-corrected chi connectivity index (χ2v) is 7.48. The number of aromatic nitrogens is 2. The lowest BCUT2D eigenvalue weighted by atomic mass is 10.2. The molecule has 1 aliphatic heterocycles. The van der Waals surface area contributed by atoms with Crippen molar-refractivity contribution in [2.45, 2.75) is 38.4 Å². The van der Waals surface area contributed by atoms with Crippen LogP contribution in [0.15, 0.2) is 28.8 Å². The number of nitrogens with zero attached hydrogens (tertiary/aromatic N) is 4. The number of nitrogens with one attached hydrogen (secondary N) is 1. The van der Waals surface area contributed by atoms with E-state index >= 15 is 0 Å². The van der Waals surface area contributed by atoms with Gasteiger partial charge in [-0.2, -0.15) is 4.98 Å². The molecule has 1 aromatic heterocycles. The van der Waals surface area contributed by atoms with Crippen molar-refractivity contribution in [2.75, 3.05) is 33.3 Å². The Kier molecular flexibility index (Phi) is 5.59. The monoisotopic (exact) mass is 385 g/mol. The highest BCUT2D eigenvalue weighted by molar-refractivity contribution is 5.81. The van der Waals surface area contributed by atoms with Crippen molar-refractivity contribution in [3.63, 3.8) is 0 Å². The second-order valence-electron chi connectivity index (χ2n) is 7.48. The summed E-state index contributed by atoms with van der Waals surface area (Å²) >= 11 is 0. The Morgan fingerprint density at radius 3 is 2.75 bits per heavy atom. The number of piperazine rings is 1. The minimum Gasteiger partial charge on any atom is -0.496 e. The van der Waals surface area contributed by atoms with Gasteiger partial charge in [-0.25, -0.2) is 0 Å². The van der Waals surface area contributed by atoms with Crippen LogP contribution in [0, 0.1) is 0 Å². The third-order valence-electron chi connectivity index (χ3n) is 5.43. The van der Waals surface area contributed by atoms with Crippen molar-refractivity contribution < 1.29 is 14.1 Å². The predicted molar refractivity (Wildman–Crippen MR) is 104 cm³/mol. The second kappa shape index (κ2) is 8.28. The standard InChI is InChI=1S/C20H27N5O3/c1-14(20(26)21-15-7-8-15)25-11-9-24(10-12-25)13-18-22-19(23-28-18)16-5-3-4-6-17(16)27-2/h3-6,14-15H,7-13H2,1-2H3,(H,21,26). The largest absolute Gasteiger partial charge is 0.496 e. The molecular formula is C20H27N5O3. The third kappa shape index (κ3) is 4.34. The van der Waals surface area contributed by atoms with Gasteiger partial charge in [0, 0.05) is 32.2 Å². The Bertz CT molecular complexity index is 812. The van der Waals surface area contributed by atoms with Gasteiger partial charge in [0.1, 0.15) is 5.75 Å². The number of methoxy groups -OCH3 is 1. The van der Waals surface area contributed by atoms with Crippen molar-refractivity contribution in [1.29, 1.82) is 0 Å². The lowest BCUT2D eigenvalue weighted by molar-refractivity contribution is -0.126. The molecule has 8 heteroatoms. The van der Waals surface area contributed by atoms with Gasteiger partial charge in [-0.1, -0.05) is 17.3 Å². The van der Waals surface area contributed by atoms with Crippen molar-refractivity contribution >= 4 is 5.91 Å². The van der Waals surface area contributed by atoms with Crippen molar-refractivity contribution in [3.8, 4) is 17.1 Å². The summed E-state index contributed by atoms with van der Waals surface area (Å²) < 4.78 is 10.8.